The van der Waals surface area contributed by atoms with Crippen LogP contribution in [0.4, 0.5) is 5.69 Å². The van der Waals surface area contributed by atoms with Crippen LogP contribution in [0.3, 0.4) is 0 Å². The minimum absolute atomic E-state index is 0.189. The van der Waals surface area contributed by atoms with Crippen molar-refractivity contribution in [1.82, 2.24) is 4.57 Å². The summed E-state index contributed by atoms with van der Waals surface area (Å²) in [5.74, 6) is -0.441. The van der Waals surface area contributed by atoms with Gasteiger partial charge in [-0.15, -0.1) is 11.3 Å². The molecule has 1 aromatic carbocycles. The molecular formula is C22H21N3O3S2. The Morgan fingerprint density at radius 2 is 2.03 bits per heavy atom. The second-order valence-electron chi connectivity index (χ2n) is 6.83. The van der Waals surface area contributed by atoms with Gasteiger partial charge < -0.3 is 10.1 Å². The van der Waals surface area contributed by atoms with Gasteiger partial charge in [-0.05, 0) is 44.4 Å². The third-order valence-electron chi connectivity index (χ3n) is 4.75. The molecule has 0 unspecified atom stereocenters. The van der Waals surface area contributed by atoms with Gasteiger partial charge in [0.25, 0.3) is 5.56 Å². The molecule has 1 atom stereocenters. The standard InChI is InChI=1S/C22H21N3O3S2/c1-4-28-21(27)18-14(3)24-22-25(19(18)16-6-5-11-29-16)20(26)17(30-22)12-23-15-9-7-13(2)8-10-15/h5-12,19,23H,4H2,1-3H3/b17-12-/t19-/m1/s1. The van der Waals surface area contributed by atoms with E-state index in [1.807, 2.05) is 48.7 Å². The van der Waals surface area contributed by atoms with Crippen LogP contribution in [0, 0.1) is 6.92 Å². The molecule has 2 aromatic heterocycles. The summed E-state index contributed by atoms with van der Waals surface area (Å²) in [5.41, 5.74) is 2.85. The van der Waals surface area contributed by atoms with Gasteiger partial charge in [-0.3, -0.25) is 9.36 Å². The topological polar surface area (TPSA) is 72.7 Å². The van der Waals surface area contributed by atoms with E-state index in [2.05, 4.69) is 10.3 Å². The highest BCUT2D eigenvalue weighted by Gasteiger charge is 2.33. The number of carbonyl (C=O) groups is 1. The van der Waals surface area contributed by atoms with Gasteiger partial charge in [-0.1, -0.05) is 35.1 Å². The highest BCUT2D eigenvalue weighted by Crippen LogP contribution is 2.33. The molecule has 30 heavy (non-hydrogen) atoms. The van der Waals surface area contributed by atoms with E-state index < -0.39 is 12.0 Å². The molecular weight excluding hydrogens is 418 g/mol. The molecule has 0 saturated heterocycles. The second-order valence-corrected chi connectivity index (χ2v) is 8.82. The van der Waals surface area contributed by atoms with Crippen molar-refractivity contribution in [2.45, 2.75) is 26.8 Å². The van der Waals surface area contributed by atoms with Gasteiger partial charge in [-0.25, -0.2) is 9.79 Å². The fourth-order valence-corrected chi connectivity index (χ4v) is 5.10. The first-order chi connectivity index (χ1) is 14.5. The van der Waals surface area contributed by atoms with Crippen LogP contribution < -0.4 is 20.2 Å². The van der Waals surface area contributed by atoms with Crippen molar-refractivity contribution >= 4 is 40.5 Å². The predicted molar refractivity (Wildman–Crippen MR) is 120 cm³/mol. The fraction of sp³-hybridized carbons (Fsp3) is 0.227. The van der Waals surface area contributed by atoms with Gasteiger partial charge in [0.15, 0.2) is 4.80 Å². The summed E-state index contributed by atoms with van der Waals surface area (Å²) in [4.78, 5) is 32.0. The number of aryl methyl sites for hydroxylation is 1. The number of rotatable bonds is 5. The summed E-state index contributed by atoms with van der Waals surface area (Å²) in [6.07, 6.45) is 1.70. The average Bonchev–Trinajstić information content (AvgIpc) is 3.35. The summed E-state index contributed by atoms with van der Waals surface area (Å²) in [6.45, 7) is 5.84. The SMILES string of the molecule is CCOC(=O)C1=C(C)N=c2s/c(=C\Nc3ccc(C)cc3)c(=O)n2[C@@H]1c1cccs1. The Morgan fingerprint density at radius 1 is 1.27 bits per heavy atom. The second kappa shape index (κ2) is 8.41. The molecule has 1 aliphatic rings. The Hall–Kier alpha value is -2.97. The number of fused-ring (bicyclic) bond motifs is 1. The van der Waals surface area contributed by atoms with E-state index >= 15 is 0 Å². The highest BCUT2D eigenvalue weighted by atomic mass is 32.1. The number of ether oxygens (including phenoxy) is 1. The van der Waals surface area contributed by atoms with Crippen LogP contribution in [-0.2, 0) is 9.53 Å². The number of anilines is 1. The van der Waals surface area contributed by atoms with Gasteiger partial charge in [0, 0.05) is 16.8 Å². The first-order valence-electron chi connectivity index (χ1n) is 9.54. The molecule has 1 aliphatic heterocycles. The average molecular weight is 440 g/mol. The number of nitrogens with one attached hydrogen (secondary N) is 1. The minimum atomic E-state index is -0.540. The van der Waals surface area contributed by atoms with Crippen molar-refractivity contribution in [1.29, 1.82) is 0 Å². The van der Waals surface area contributed by atoms with E-state index in [1.165, 1.54) is 22.7 Å². The number of aromatic nitrogens is 1. The predicted octanol–water partition coefficient (Wildman–Crippen LogP) is 3.19. The molecule has 4 rings (SSSR count). The van der Waals surface area contributed by atoms with Crippen LogP contribution in [0.2, 0.25) is 0 Å². The van der Waals surface area contributed by atoms with Gasteiger partial charge in [0.1, 0.15) is 10.6 Å². The zero-order chi connectivity index (χ0) is 21.3. The van der Waals surface area contributed by atoms with Crippen molar-refractivity contribution in [2.24, 2.45) is 4.99 Å². The Morgan fingerprint density at radius 3 is 2.70 bits per heavy atom. The van der Waals surface area contributed by atoms with E-state index in [9.17, 15) is 9.59 Å². The summed E-state index contributed by atoms with van der Waals surface area (Å²) >= 11 is 2.80. The summed E-state index contributed by atoms with van der Waals surface area (Å²) in [5, 5.41) is 5.11. The van der Waals surface area contributed by atoms with Crippen LogP contribution in [0.25, 0.3) is 6.20 Å². The van der Waals surface area contributed by atoms with Crippen molar-refractivity contribution in [3.63, 3.8) is 0 Å². The molecule has 8 heteroatoms. The Balaban J connectivity index is 1.83. The minimum Gasteiger partial charge on any atom is -0.463 e. The van der Waals surface area contributed by atoms with Crippen LogP contribution >= 0.6 is 22.7 Å². The van der Waals surface area contributed by atoms with Gasteiger partial charge in [0.2, 0.25) is 0 Å². The first-order valence-corrected chi connectivity index (χ1v) is 11.2. The highest BCUT2D eigenvalue weighted by molar-refractivity contribution is 7.10. The zero-order valence-electron chi connectivity index (χ0n) is 16.8. The van der Waals surface area contributed by atoms with Crippen LogP contribution in [0.5, 0.6) is 0 Å². The maximum absolute atomic E-state index is 13.3. The lowest BCUT2D eigenvalue weighted by Gasteiger charge is -2.23. The monoisotopic (exact) mass is 439 g/mol. The third-order valence-corrected chi connectivity index (χ3v) is 6.66. The molecule has 3 heterocycles. The zero-order valence-corrected chi connectivity index (χ0v) is 18.5. The quantitative estimate of drug-likeness (QED) is 0.620. The molecule has 0 saturated carbocycles. The van der Waals surface area contributed by atoms with E-state index in [0.29, 0.717) is 20.6 Å². The molecule has 0 aliphatic carbocycles. The van der Waals surface area contributed by atoms with Crippen LogP contribution in [0.1, 0.15) is 30.3 Å². The van der Waals surface area contributed by atoms with E-state index in [0.717, 1.165) is 16.1 Å². The molecule has 6 nitrogen and oxygen atoms in total. The molecule has 154 valence electrons. The normalized spacial score (nSPS) is 16.2. The molecule has 0 spiro atoms. The van der Waals surface area contributed by atoms with Gasteiger partial charge in [-0.2, -0.15) is 0 Å². The number of hydrogen-bond donors (Lipinski definition) is 1. The van der Waals surface area contributed by atoms with Gasteiger partial charge >= 0.3 is 5.97 Å². The maximum Gasteiger partial charge on any atom is 0.338 e. The smallest absolute Gasteiger partial charge is 0.338 e. The Labute approximate surface area is 181 Å². The number of benzene rings is 1. The number of allylic oxidation sites excluding steroid dienone is 1. The number of nitrogens with zero attached hydrogens (tertiary/aromatic N) is 2. The lowest BCUT2D eigenvalue weighted by Crippen LogP contribution is -2.39. The molecule has 0 fully saturated rings. The first kappa shape index (κ1) is 20.3. The Kier molecular flexibility index (Phi) is 5.69. The van der Waals surface area contributed by atoms with Crippen LogP contribution in [-0.4, -0.2) is 17.1 Å². The summed E-state index contributed by atoms with van der Waals surface area (Å²) in [6, 6.07) is 11.2. The summed E-state index contributed by atoms with van der Waals surface area (Å²) < 4.78 is 7.39. The van der Waals surface area contributed by atoms with E-state index in [1.54, 1.807) is 24.6 Å². The molecule has 3 aromatic rings. The number of carbonyl (C=O) groups excluding carboxylic acids is 1. The van der Waals surface area contributed by atoms with E-state index in [4.69, 9.17) is 4.74 Å². The Bertz CT molecular complexity index is 1280. The van der Waals surface area contributed by atoms with E-state index in [-0.39, 0.29) is 12.2 Å². The third kappa shape index (κ3) is 3.76. The number of esters is 1. The molecule has 0 bridgehead atoms. The number of thiazole rings is 1. The molecule has 0 amide bonds. The van der Waals surface area contributed by atoms with Crippen molar-refractivity contribution in [3.8, 4) is 0 Å². The molecule has 1 N–H and O–H groups in total. The van der Waals surface area contributed by atoms with Crippen molar-refractivity contribution < 1.29 is 9.53 Å². The molecule has 0 radical (unpaired) electrons. The van der Waals surface area contributed by atoms with Gasteiger partial charge in [0.05, 0.1) is 17.9 Å². The summed E-state index contributed by atoms with van der Waals surface area (Å²) in [7, 11) is 0. The fourth-order valence-electron chi connectivity index (χ4n) is 3.31. The van der Waals surface area contributed by atoms with Crippen molar-refractivity contribution in [3.05, 3.63) is 83.2 Å². The van der Waals surface area contributed by atoms with Crippen molar-refractivity contribution in [2.75, 3.05) is 11.9 Å². The number of thiophene rings is 1. The lowest BCUT2D eigenvalue weighted by atomic mass is 10.0. The number of hydrogen-bond acceptors (Lipinski definition) is 7. The van der Waals surface area contributed by atoms with Crippen LogP contribution in [0.15, 0.2) is 62.8 Å². The lowest BCUT2D eigenvalue weighted by molar-refractivity contribution is -0.139. The largest absolute Gasteiger partial charge is 0.463 e. The maximum atomic E-state index is 13.3.